The highest BCUT2D eigenvalue weighted by Crippen LogP contribution is 2.22. The Morgan fingerprint density at radius 3 is 2.76 bits per heavy atom. The van der Waals surface area contributed by atoms with E-state index in [0.717, 1.165) is 29.8 Å². The van der Waals surface area contributed by atoms with Gasteiger partial charge in [-0.15, -0.1) is 0 Å². The van der Waals surface area contributed by atoms with Gasteiger partial charge in [0, 0.05) is 38.2 Å². The number of rotatable bonds is 5. The summed E-state index contributed by atoms with van der Waals surface area (Å²) in [4.78, 5) is 11.5. The van der Waals surface area contributed by atoms with Gasteiger partial charge >= 0.3 is 0 Å². The van der Waals surface area contributed by atoms with Crippen molar-refractivity contribution in [3.8, 4) is 0 Å². The van der Waals surface area contributed by atoms with Gasteiger partial charge in [-0.2, -0.15) is 15.2 Å². The van der Waals surface area contributed by atoms with E-state index in [-0.39, 0.29) is 0 Å². The van der Waals surface area contributed by atoms with E-state index in [1.54, 1.807) is 17.1 Å². The fourth-order valence-corrected chi connectivity index (χ4v) is 3.83. The lowest BCUT2D eigenvalue weighted by molar-refractivity contribution is 0.577. The third-order valence-corrected chi connectivity index (χ3v) is 5.30. The average molecular weight is 388 g/mol. The molecule has 4 heterocycles. The minimum atomic E-state index is 0.536. The van der Waals surface area contributed by atoms with Crippen LogP contribution in [0, 0.1) is 0 Å². The summed E-state index contributed by atoms with van der Waals surface area (Å²) in [5.41, 5.74) is 4.19. The van der Waals surface area contributed by atoms with Crippen molar-refractivity contribution in [1.29, 1.82) is 0 Å². The van der Waals surface area contributed by atoms with Gasteiger partial charge in [-0.1, -0.05) is 12.1 Å². The molecular formula is C21H24N8. The lowest BCUT2D eigenvalue weighted by atomic mass is 10.1. The predicted octanol–water partition coefficient (Wildman–Crippen LogP) is 3.34. The minimum Gasteiger partial charge on any atom is -0.372 e. The molecule has 0 unspecified atom stereocenters. The average Bonchev–Trinajstić information content (AvgIpc) is 3.35. The number of hydrogen-bond donors (Lipinski definition) is 1. The van der Waals surface area contributed by atoms with E-state index in [4.69, 9.17) is 0 Å². The zero-order valence-corrected chi connectivity index (χ0v) is 16.5. The molecule has 0 amide bonds. The van der Waals surface area contributed by atoms with Crippen molar-refractivity contribution in [3.05, 3.63) is 54.6 Å². The summed E-state index contributed by atoms with van der Waals surface area (Å²) < 4.78 is 3.67. The van der Waals surface area contributed by atoms with Crippen LogP contribution in [0.1, 0.15) is 24.8 Å². The number of piperidine rings is 1. The third kappa shape index (κ3) is 3.78. The summed E-state index contributed by atoms with van der Waals surface area (Å²) in [7, 11) is 1.88. The van der Waals surface area contributed by atoms with Gasteiger partial charge in [0.1, 0.15) is 0 Å². The summed E-state index contributed by atoms with van der Waals surface area (Å²) in [6, 6.07) is 8.76. The van der Waals surface area contributed by atoms with Crippen LogP contribution in [-0.4, -0.2) is 42.6 Å². The van der Waals surface area contributed by atoms with Gasteiger partial charge < -0.3 is 10.2 Å². The summed E-state index contributed by atoms with van der Waals surface area (Å²) in [6.07, 6.45) is 11.1. The summed E-state index contributed by atoms with van der Waals surface area (Å²) >= 11 is 0. The van der Waals surface area contributed by atoms with Crippen molar-refractivity contribution in [2.75, 3.05) is 23.3 Å². The number of benzene rings is 1. The second kappa shape index (κ2) is 7.54. The Labute approximate surface area is 169 Å². The highest BCUT2D eigenvalue weighted by molar-refractivity contribution is 5.75. The molecule has 0 bridgehead atoms. The number of nitrogens with one attached hydrogen (secondary N) is 1. The lowest BCUT2D eigenvalue weighted by Gasteiger charge is -2.29. The van der Waals surface area contributed by atoms with E-state index in [2.05, 4.69) is 54.6 Å². The fraction of sp³-hybridized carbons (Fsp3) is 0.333. The van der Waals surface area contributed by atoms with E-state index >= 15 is 0 Å². The maximum atomic E-state index is 4.68. The molecule has 148 valence electrons. The van der Waals surface area contributed by atoms with Crippen LogP contribution in [0.2, 0.25) is 0 Å². The molecular weight excluding hydrogens is 364 g/mol. The Balaban J connectivity index is 1.39. The Hall–Kier alpha value is -3.42. The number of nitrogens with zero attached hydrogens (tertiary/aromatic N) is 7. The van der Waals surface area contributed by atoms with Gasteiger partial charge in [0.25, 0.3) is 0 Å². The quantitative estimate of drug-likeness (QED) is 0.565. The highest BCUT2D eigenvalue weighted by atomic mass is 15.3. The smallest absolute Gasteiger partial charge is 0.229 e. The maximum absolute atomic E-state index is 4.68. The van der Waals surface area contributed by atoms with E-state index in [0.29, 0.717) is 12.5 Å². The molecule has 29 heavy (non-hydrogen) atoms. The summed E-state index contributed by atoms with van der Waals surface area (Å²) in [5, 5.41) is 12.8. The van der Waals surface area contributed by atoms with Crippen molar-refractivity contribution in [2.24, 2.45) is 7.05 Å². The second-order valence-corrected chi connectivity index (χ2v) is 7.52. The van der Waals surface area contributed by atoms with Crippen LogP contribution in [-0.2, 0) is 13.6 Å². The van der Waals surface area contributed by atoms with E-state index in [1.807, 2.05) is 24.1 Å². The standard InChI is InChI=1S/C21H24N8/c1-27-15-18(13-23-27)25-21-22-11-17-12-24-29(20(17)26-21)14-16-6-5-7-19(10-16)28-8-3-2-4-9-28/h5-7,10-13,15H,2-4,8-9,14H2,1H3,(H,22,25,26). The van der Waals surface area contributed by atoms with Crippen LogP contribution in [0.15, 0.2) is 49.1 Å². The van der Waals surface area contributed by atoms with Crippen molar-refractivity contribution in [3.63, 3.8) is 0 Å². The topological polar surface area (TPSA) is 76.7 Å². The zero-order valence-electron chi connectivity index (χ0n) is 16.5. The molecule has 0 aliphatic carbocycles. The molecule has 4 aromatic rings. The molecule has 1 saturated heterocycles. The van der Waals surface area contributed by atoms with Gasteiger partial charge in [-0.05, 0) is 37.0 Å². The SMILES string of the molecule is Cn1cc(Nc2ncc3cnn(Cc4cccc(N5CCCCC5)c4)c3n2)cn1. The fourth-order valence-electron chi connectivity index (χ4n) is 3.83. The van der Waals surface area contributed by atoms with Crippen LogP contribution >= 0.6 is 0 Å². The normalized spacial score (nSPS) is 14.4. The van der Waals surface area contributed by atoms with Crippen molar-refractivity contribution < 1.29 is 0 Å². The molecule has 1 N–H and O–H groups in total. The maximum Gasteiger partial charge on any atom is 0.229 e. The molecule has 0 spiro atoms. The molecule has 1 aliphatic heterocycles. The predicted molar refractivity (Wildman–Crippen MR) is 113 cm³/mol. The number of hydrogen-bond acceptors (Lipinski definition) is 6. The van der Waals surface area contributed by atoms with Gasteiger partial charge in [-0.25, -0.2) is 9.67 Å². The first-order valence-electron chi connectivity index (χ1n) is 10.0. The van der Waals surface area contributed by atoms with Crippen LogP contribution in [0.25, 0.3) is 11.0 Å². The van der Waals surface area contributed by atoms with E-state index in [9.17, 15) is 0 Å². The first-order valence-corrected chi connectivity index (χ1v) is 10.0. The molecule has 1 fully saturated rings. The molecule has 3 aromatic heterocycles. The van der Waals surface area contributed by atoms with Crippen molar-refractivity contribution in [1.82, 2.24) is 29.5 Å². The Bertz CT molecular complexity index is 1120. The van der Waals surface area contributed by atoms with Crippen molar-refractivity contribution in [2.45, 2.75) is 25.8 Å². The monoisotopic (exact) mass is 388 g/mol. The molecule has 8 nitrogen and oxygen atoms in total. The molecule has 1 aliphatic rings. The molecule has 0 atom stereocenters. The number of aryl methyl sites for hydroxylation is 1. The molecule has 1 aromatic carbocycles. The Kier molecular flexibility index (Phi) is 4.59. The number of anilines is 3. The summed E-state index contributed by atoms with van der Waals surface area (Å²) in [6.45, 7) is 2.96. The van der Waals surface area contributed by atoms with E-state index < -0.39 is 0 Å². The minimum absolute atomic E-state index is 0.536. The van der Waals surface area contributed by atoms with Gasteiger partial charge in [0.05, 0.1) is 30.0 Å². The zero-order chi connectivity index (χ0) is 19.6. The first kappa shape index (κ1) is 17.7. The highest BCUT2D eigenvalue weighted by Gasteiger charge is 2.12. The van der Waals surface area contributed by atoms with E-state index in [1.165, 1.54) is 30.5 Å². The van der Waals surface area contributed by atoms with Crippen LogP contribution < -0.4 is 10.2 Å². The van der Waals surface area contributed by atoms with Gasteiger partial charge in [0.2, 0.25) is 5.95 Å². The number of aromatic nitrogens is 6. The molecule has 0 saturated carbocycles. The molecule has 8 heteroatoms. The second-order valence-electron chi connectivity index (χ2n) is 7.52. The molecule has 0 radical (unpaired) electrons. The summed E-state index contributed by atoms with van der Waals surface area (Å²) in [5.74, 6) is 0.536. The molecule has 5 rings (SSSR count). The Morgan fingerprint density at radius 1 is 1.03 bits per heavy atom. The van der Waals surface area contributed by atoms with Crippen LogP contribution in [0.4, 0.5) is 17.3 Å². The van der Waals surface area contributed by atoms with Crippen LogP contribution in [0.5, 0.6) is 0 Å². The lowest BCUT2D eigenvalue weighted by Crippen LogP contribution is -2.29. The van der Waals surface area contributed by atoms with Crippen molar-refractivity contribution >= 4 is 28.4 Å². The van der Waals surface area contributed by atoms with Gasteiger partial charge in [0.15, 0.2) is 5.65 Å². The number of fused-ring (bicyclic) bond motifs is 1. The first-order chi connectivity index (χ1) is 14.2. The largest absolute Gasteiger partial charge is 0.372 e. The van der Waals surface area contributed by atoms with Crippen LogP contribution in [0.3, 0.4) is 0 Å². The van der Waals surface area contributed by atoms with Gasteiger partial charge in [-0.3, -0.25) is 4.68 Å². The Morgan fingerprint density at radius 2 is 1.93 bits per heavy atom. The third-order valence-electron chi connectivity index (χ3n) is 5.30.